The molecule has 1 atom stereocenters. The Labute approximate surface area is 68.2 Å². The van der Waals surface area contributed by atoms with Crippen molar-refractivity contribution in [2.75, 3.05) is 6.61 Å². The molecule has 0 aromatic carbocycles. The van der Waals surface area contributed by atoms with Gasteiger partial charge in [-0.3, -0.25) is 9.69 Å². The van der Waals surface area contributed by atoms with Crippen LogP contribution in [0.25, 0.3) is 0 Å². The van der Waals surface area contributed by atoms with Crippen molar-refractivity contribution in [3.63, 3.8) is 0 Å². The number of carbonyl (C=O) groups excluding carboxylic acids is 1. The van der Waals surface area contributed by atoms with Crippen molar-refractivity contribution in [1.82, 2.24) is 4.90 Å². The molecule has 5 heteroatoms. The van der Waals surface area contributed by atoms with Crippen LogP contribution in [0, 0.1) is 0 Å². The van der Waals surface area contributed by atoms with Gasteiger partial charge in [-0.25, -0.2) is 4.79 Å². The molecule has 1 saturated heterocycles. The van der Waals surface area contributed by atoms with Gasteiger partial charge in [0.1, 0.15) is 11.9 Å². The van der Waals surface area contributed by atoms with Crippen LogP contribution in [-0.4, -0.2) is 34.7 Å². The van der Waals surface area contributed by atoms with E-state index >= 15 is 0 Å². The second-order valence-electron chi connectivity index (χ2n) is 2.65. The molecule has 1 fully saturated rings. The first-order valence-corrected chi connectivity index (χ1v) is 3.57. The average molecular weight is 169 g/mol. The lowest BCUT2D eigenvalue weighted by atomic mass is 10.1. The first kappa shape index (κ1) is 7.30. The third kappa shape index (κ3) is 0.831. The van der Waals surface area contributed by atoms with Crippen LogP contribution >= 0.6 is 0 Å². The fraction of sp³-hybridized carbons (Fsp3) is 0.429. The third-order valence-corrected chi connectivity index (χ3v) is 1.95. The summed E-state index contributed by atoms with van der Waals surface area (Å²) in [6.45, 7) is 0.274. The monoisotopic (exact) mass is 169 g/mol. The Morgan fingerprint density at radius 3 is 3.00 bits per heavy atom. The molecule has 5 nitrogen and oxygen atoms in total. The Hall–Kier alpha value is -1.36. The Balaban J connectivity index is 2.26. The van der Waals surface area contributed by atoms with Gasteiger partial charge in [-0.15, -0.1) is 0 Å². The van der Waals surface area contributed by atoms with Crippen LogP contribution in [0.2, 0.25) is 0 Å². The first-order valence-electron chi connectivity index (χ1n) is 3.57. The molecule has 0 aromatic heterocycles. The second kappa shape index (κ2) is 2.31. The predicted molar refractivity (Wildman–Crippen MR) is 36.9 cm³/mol. The summed E-state index contributed by atoms with van der Waals surface area (Å²) in [6, 6.07) is 0. The number of carboxylic acid groups (broad SMARTS) is 1. The van der Waals surface area contributed by atoms with Crippen LogP contribution in [0.5, 0.6) is 0 Å². The van der Waals surface area contributed by atoms with E-state index in [4.69, 9.17) is 9.84 Å². The fourth-order valence-electron chi connectivity index (χ4n) is 1.34. The van der Waals surface area contributed by atoms with E-state index in [2.05, 4.69) is 0 Å². The number of nitrogens with zero attached hydrogens (tertiary/aromatic N) is 1. The molecule has 12 heavy (non-hydrogen) atoms. The zero-order valence-electron chi connectivity index (χ0n) is 6.19. The van der Waals surface area contributed by atoms with Crippen LogP contribution in [0.3, 0.4) is 0 Å². The summed E-state index contributed by atoms with van der Waals surface area (Å²) in [4.78, 5) is 22.7. The smallest absolute Gasteiger partial charge is 0.352 e. The number of carbonyl (C=O) groups is 2. The van der Waals surface area contributed by atoms with Gasteiger partial charge < -0.3 is 9.84 Å². The molecule has 2 aliphatic rings. The van der Waals surface area contributed by atoms with Gasteiger partial charge in [0.05, 0.1) is 13.0 Å². The van der Waals surface area contributed by atoms with Crippen molar-refractivity contribution in [1.29, 1.82) is 0 Å². The van der Waals surface area contributed by atoms with Crippen LogP contribution < -0.4 is 0 Å². The van der Waals surface area contributed by atoms with Gasteiger partial charge in [-0.1, -0.05) is 0 Å². The minimum atomic E-state index is -1.07. The van der Waals surface area contributed by atoms with Crippen molar-refractivity contribution < 1.29 is 19.4 Å². The van der Waals surface area contributed by atoms with E-state index in [1.165, 1.54) is 11.0 Å². The number of amides is 1. The standard InChI is InChI=1S/C7H7NO4/c9-5-3-6-8(5)4(7(10)11)1-2-12-6/h1,6H,2-3H2,(H,10,11). The van der Waals surface area contributed by atoms with Crippen LogP contribution in [0.4, 0.5) is 0 Å². The van der Waals surface area contributed by atoms with Crippen molar-refractivity contribution in [2.24, 2.45) is 0 Å². The highest BCUT2D eigenvalue weighted by atomic mass is 16.5. The highest BCUT2D eigenvalue weighted by Gasteiger charge is 2.43. The van der Waals surface area contributed by atoms with Gasteiger partial charge in [0.15, 0.2) is 0 Å². The number of β-lactam (4-membered cyclic amide) rings is 1. The normalized spacial score (nSPS) is 27.3. The van der Waals surface area contributed by atoms with Crippen molar-refractivity contribution >= 4 is 11.9 Å². The van der Waals surface area contributed by atoms with E-state index in [1.54, 1.807) is 0 Å². The van der Waals surface area contributed by atoms with E-state index in [0.29, 0.717) is 6.42 Å². The van der Waals surface area contributed by atoms with Crippen LogP contribution in [-0.2, 0) is 14.3 Å². The zero-order valence-corrected chi connectivity index (χ0v) is 6.19. The third-order valence-electron chi connectivity index (χ3n) is 1.95. The van der Waals surface area contributed by atoms with E-state index in [1.807, 2.05) is 0 Å². The molecule has 0 aliphatic carbocycles. The van der Waals surface area contributed by atoms with Gasteiger partial charge in [0.25, 0.3) is 0 Å². The first-order chi connectivity index (χ1) is 5.70. The number of carboxylic acids is 1. The summed E-state index contributed by atoms with van der Waals surface area (Å²) < 4.78 is 5.09. The molecule has 0 aromatic rings. The SMILES string of the molecule is O=C(O)C1=CCOC2CC(=O)N12. The Kier molecular flexibility index (Phi) is 1.41. The highest BCUT2D eigenvalue weighted by molar-refractivity contribution is 5.96. The fourth-order valence-corrected chi connectivity index (χ4v) is 1.34. The quantitative estimate of drug-likeness (QED) is 0.539. The largest absolute Gasteiger partial charge is 0.477 e. The molecule has 1 amide bonds. The van der Waals surface area contributed by atoms with Gasteiger partial charge in [-0.05, 0) is 6.08 Å². The molecule has 0 saturated carbocycles. The number of rotatable bonds is 1. The van der Waals surface area contributed by atoms with E-state index in [9.17, 15) is 9.59 Å². The lowest BCUT2D eigenvalue weighted by Gasteiger charge is -2.42. The molecule has 0 bridgehead atoms. The highest BCUT2D eigenvalue weighted by Crippen LogP contribution is 2.28. The Morgan fingerprint density at radius 2 is 2.50 bits per heavy atom. The number of ether oxygens (including phenoxy) is 1. The second-order valence-corrected chi connectivity index (χ2v) is 2.65. The molecular weight excluding hydrogens is 162 g/mol. The maximum Gasteiger partial charge on any atom is 0.352 e. The van der Waals surface area contributed by atoms with Gasteiger partial charge >= 0.3 is 5.97 Å². The van der Waals surface area contributed by atoms with Gasteiger partial charge in [0, 0.05) is 0 Å². The summed E-state index contributed by atoms with van der Waals surface area (Å²) >= 11 is 0. The molecule has 1 N–H and O–H groups in total. The number of fused-ring (bicyclic) bond motifs is 1. The Bertz CT molecular complexity index is 283. The van der Waals surface area contributed by atoms with Gasteiger partial charge in [-0.2, -0.15) is 0 Å². The topological polar surface area (TPSA) is 66.8 Å². The molecule has 0 radical (unpaired) electrons. The van der Waals surface area contributed by atoms with Crippen molar-refractivity contribution in [3.8, 4) is 0 Å². The Morgan fingerprint density at radius 1 is 1.75 bits per heavy atom. The minimum Gasteiger partial charge on any atom is -0.477 e. The van der Waals surface area contributed by atoms with E-state index in [0.717, 1.165) is 0 Å². The molecule has 2 rings (SSSR count). The summed E-state index contributed by atoms with van der Waals surface area (Å²) in [5.41, 5.74) is 0.0440. The summed E-state index contributed by atoms with van der Waals surface area (Å²) in [5.74, 6) is -1.26. The van der Waals surface area contributed by atoms with E-state index < -0.39 is 5.97 Å². The summed E-state index contributed by atoms with van der Waals surface area (Å²) in [7, 11) is 0. The van der Waals surface area contributed by atoms with Crippen LogP contribution in [0.1, 0.15) is 6.42 Å². The summed E-state index contributed by atoms with van der Waals surface area (Å²) in [6.07, 6.45) is 1.36. The van der Waals surface area contributed by atoms with E-state index in [-0.39, 0.29) is 24.4 Å². The zero-order chi connectivity index (χ0) is 8.72. The number of hydrogen-bond acceptors (Lipinski definition) is 3. The molecule has 0 spiro atoms. The predicted octanol–water partition coefficient (Wildman–Crippen LogP) is -0.456. The molecule has 1 unspecified atom stereocenters. The molecule has 64 valence electrons. The summed E-state index contributed by atoms with van der Waals surface area (Å²) in [5, 5.41) is 8.66. The lowest BCUT2D eigenvalue weighted by molar-refractivity contribution is -0.173. The minimum absolute atomic E-state index is 0.0440. The molecular formula is C7H7NO4. The maximum atomic E-state index is 10.9. The number of aliphatic carboxylic acids is 1. The lowest BCUT2D eigenvalue weighted by Crippen LogP contribution is -2.56. The average Bonchev–Trinajstić information content (AvgIpc) is 2.01. The van der Waals surface area contributed by atoms with Gasteiger partial charge in [0.2, 0.25) is 5.91 Å². The van der Waals surface area contributed by atoms with Crippen LogP contribution in [0.15, 0.2) is 11.8 Å². The molecule has 2 aliphatic heterocycles. The maximum absolute atomic E-state index is 10.9. The van der Waals surface area contributed by atoms with Crippen molar-refractivity contribution in [2.45, 2.75) is 12.6 Å². The van der Waals surface area contributed by atoms with Crippen molar-refractivity contribution in [3.05, 3.63) is 11.8 Å². The molecule has 2 heterocycles. The number of hydrogen-bond donors (Lipinski definition) is 1.